The Bertz CT molecular complexity index is 545. The fraction of sp³-hybridized carbons (Fsp3) is 0.273. The number of nitrogens with one attached hydrogen (secondary N) is 2. The van der Waals surface area contributed by atoms with Crippen LogP contribution < -0.4 is 10.2 Å². The van der Waals surface area contributed by atoms with Crippen molar-refractivity contribution >= 4 is 17.7 Å². The van der Waals surface area contributed by atoms with E-state index < -0.39 is 0 Å². The summed E-state index contributed by atoms with van der Waals surface area (Å²) in [6.45, 7) is 1.76. The summed E-state index contributed by atoms with van der Waals surface area (Å²) in [5.41, 5.74) is 0.461. The number of H-pyrrole nitrogens is 1. The van der Waals surface area contributed by atoms with Gasteiger partial charge in [-0.05, 0) is 19.1 Å². The van der Waals surface area contributed by atoms with Gasteiger partial charge in [0.25, 0.3) is 5.91 Å². The molecule has 7 nitrogen and oxygen atoms in total. The second-order valence-electron chi connectivity index (χ2n) is 4.00. The Morgan fingerprint density at radius 3 is 2.67 bits per heavy atom. The highest BCUT2D eigenvalue weighted by molar-refractivity contribution is 6.03. The largest absolute Gasteiger partial charge is 0.363 e. The van der Waals surface area contributed by atoms with E-state index in [2.05, 4.69) is 25.5 Å². The molecule has 2 rings (SSSR count). The smallest absolute Gasteiger partial charge is 0.259 e. The van der Waals surface area contributed by atoms with Crippen LogP contribution >= 0.6 is 0 Å². The van der Waals surface area contributed by atoms with Gasteiger partial charge in [-0.15, -0.1) is 5.10 Å². The van der Waals surface area contributed by atoms with E-state index in [1.54, 1.807) is 19.1 Å². The molecule has 18 heavy (non-hydrogen) atoms. The van der Waals surface area contributed by atoms with Crippen LogP contribution in [-0.4, -0.2) is 40.2 Å². The lowest BCUT2D eigenvalue weighted by molar-refractivity contribution is 0.102. The number of nitrogens with zero attached hydrogens (tertiary/aromatic N) is 4. The van der Waals surface area contributed by atoms with Crippen molar-refractivity contribution in [1.82, 2.24) is 20.2 Å². The van der Waals surface area contributed by atoms with Gasteiger partial charge in [-0.2, -0.15) is 4.98 Å². The molecule has 2 aromatic rings. The van der Waals surface area contributed by atoms with Crippen LogP contribution in [0.3, 0.4) is 0 Å². The lowest BCUT2D eigenvalue weighted by Crippen LogP contribution is -2.15. The number of rotatable bonds is 3. The quantitative estimate of drug-likeness (QED) is 0.837. The van der Waals surface area contributed by atoms with E-state index in [1.807, 2.05) is 19.0 Å². The third kappa shape index (κ3) is 2.62. The molecule has 0 saturated carbocycles. The maximum Gasteiger partial charge on any atom is 0.259 e. The highest BCUT2D eigenvalue weighted by Gasteiger charge is 2.09. The predicted octanol–water partition coefficient (Wildman–Crippen LogP) is 0.826. The first-order valence-corrected chi connectivity index (χ1v) is 5.40. The standard InChI is InChI=1S/C11H14N6O/c1-7-13-11(16-15-7)14-10(18)8-4-5-9(12-6-8)17(2)3/h4-6H,1-3H3,(H2,13,14,15,16,18). The summed E-state index contributed by atoms with van der Waals surface area (Å²) in [5, 5.41) is 9.06. The molecular formula is C11H14N6O. The van der Waals surface area contributed by atoms with E-state index in [1.165, 1.54) is 6.20 Å². The Kier molecular flexibility index (Phi) is 3.22. The zero-order chi connectivity index (χ0) is 13.1. The highest BCUT2D eigenvalue weighted by Crippen LogP contribution is 2.09. The molecule has 0 aliphatic heterocycles. The first-order valence-electron chi connectivity index (χ1n) is 5.40. The summed E-state index contributed by atoms with van der Waals surface area (Å²) >= 11 is 0. The maximum absolute atomic E-state index is 11.8. The zero-order valence-electron chi connectivity index (χ0n) is 10.4. The monoisotopic (exact) mass is 246 g/mol. The van der Waals surface area contributed by atoms with Gasteiger partial charge in [0.15, 0.2) is 0 Å². The first-order chi connectivity index (χ1) is 8.56. The zero-order valence-corrected chi connectivity index (χ0v) is 10.4. The molecule has 0 spiro atoms. The minimum Gasteiger partial charge on any atom is -0.363 e. The van der Waals surface area contributed by atoms with Crippen LogP contribution in [0.1, 0.15) is 16.2 Å². The maximum atomic E-state index is 11.8. The van der Waals surface area contributed by atoms with Crippen molar-refractivity contribution in [2.75, 3.05) is 24.3 Å². The van der Waals surface area contributed by atoms with E-state index in [0.717, 1.165) is 5.82 Å². The van der Waals surface area contributed by atoms with E-state index in [-0.39, 0.29) is 11.9 Å². The number of carbonyl (C=O) groups excluding carboxylic acids is 1. The van der Waals surface area contributed by atoms with Gasteiger partial charge in [0, 0.05) is 20.3 Å². The van der Waals surface area contributed by atoms with E-state index in [0.29, 0.717) is 11.4 Å². The Morgan fingerprint density at radius 2 is 2.17 bits per heavy atom. The minimum atomic E-state index is -0.285. The Balaban J connectivity index is 2.09. The van der Waals surface area contributed by atoms with Crippen molar-refractivity contribution in [2.45, 2.75) is 6.92 Å². The summed E-state index contributed by atoms with van der Waals surface area (Å²) in [5.74, 6) is 1.41. The molecule has 0 aromatic carbocycles. The summed E-state index contributed by atoms with van der Waals surface area (Å²) in [4.78, 5) is 21.9. The number of aryl methyl sites for hydroxylation is 1. The number of aromatic nitrogens is 4. The second-order valence-corrected chi connectivity index (χ2v) is 4.00. The van der Waals surface area contributed by atoms with Crippen molar-refractivity contribution in [3.63, 3.8) is 0 Å². The molecule has 7 heteroatoms. The molecule has 2 heterocycles. The number of hydrogen-bond acceptors (Lipinski definition) is 5. The van der Waals surface area contributed by atoms with Gasteiger partial charge in [0.05, 0.1) is 5.56 Å². The molecule has 2 N–H and O–H groups in total. The van der Waals surface area contributed by atoms with Crippen LogP contribution in [0.4, 0.5) is 11.8 Å². The number of amides is 1. The van der Waals surface area contributed by atoms with Gasteiger partial charge in [-0.1, -0.05) is 0 Å². The number of pyridine rings is 1. The molecule has 0 atom stereocenters. The first kappa shape index (κ1) is 12.0. The topological polar surface area (TPSA) is 86.8 Å². The number of aromatic amines is 1. The predicted molar refractivity (Wildman–Crippen MR) is 67.6 cm³/mol. The summed E-state index contributed by atoms with van der Waals surface area (Å²) in [6, 6.07) is 3.48. The summed E-state index contributed by atoms with van der Waals surface area (Å²) in [7, 11) is 3.77. The normalized spacial score (nSPS) is 10.2. The molecule has 1 amide bonds. The molecule has 2 aromatic heterocycles. The molecule has 0 aliphatic rings. The van der Waals surface area contributed by atoms with Gasteiger partial charge >= 0.3 is 0 Å². The van der Waals surface area contributed by atoms with Crippen LogP contribution in [0, 0.1) is 6.92 Å². The van der Waals surface area contributed by atoms with Crippen molar-refractivity contribution in [1.29, 1.82) is 0 Å². The van der Waals surface area contributed by atoms with E-state index >= 15 is 0 Å². The highest BCUT2D eigenvalue weighted by atomic mass is 16.1. The fourth-order valence-corrected chi connectivity index (χ4v) is 1.36. The SMILES string of the molecule is Cc1nc(NC(=O)c2ccc(N(C)C)nc2)n[nH]1. The van der Waals surface area contributed by atoms with Crippen molar-refractivity contribution < 1.29 is 4.79 Å². The summed E-state index contributed by atoms with van der Waals surface area (Å²) < 4.78 is 0. The van der Waals surface area contributed by atoms with Crippen LogP contribution in [0.15, 0.2) is 18.3 Å². The average molecular weight is 246 g/mol. The lowest BCUT2D eigenvalue weighted by atomic mass is 10.2. The van der Waals surface area contributed by atoms with Gasteiger partial charge in [-0.3, -0.25) is 15.2 Å². The third-order valence-corrected chi connectivity index (χ3v) is 2.29. The number of carbonyl (C=O) groups is 1. The molecule has 0 saturated heterocycles. The molecule has 0 bridgehead atoms. The molecular weight excluding hydrogens is 232 g/mol. The van der Waals surface area contributed by atoms with Crippen LogP contribution in [0.5, 0.6) is 0 Å². The van der Waals surface area contributed by atoms with Gasteiger partial charge in [0.2, 0.25) is 5.95 Å². The Hall–Kier alpha value is -2.44. The molecule has 0 fully saturated rings. The van der Waals surface area contributed by atoms with Crippen LogP contribution in [0.2, 0.25) is 0 Å². The van der Waals surface area contributed by atoms with Crippen molar-refractivity contribution in [3.05, 3.63) is 29.7 Å². The molecule has 0 radical (unpaired) electrons. The van der Waals surface area contributed by atoms with Gasteiger partial charge in [-0.25, -0.2) is 4.98 Å². The molecule has 0 unspecified atom stereocenters. The second kappa shape index (κ2) is 4.82. The van der Waals surface area contributed by atoms with Crippen LogP contribution in [-0.2, 0) is 0 Å². The average Bonchev–Trinajstić information content (AvgIpc) is 2.75. The number of hydrogen-bond donors (Lipinski definition) is 2. The molecule has 94 valence electrons. The van der Waals surface area contributed by atoms with E-state index in [9.17, 15) is 4.79 Å². The van der Waals surface area contributed by atoms with Gasteiger partial charge in [0.1, 0.15) is 11.6 Å². The van der Waals surface area contributed by atoms with Crippen LogP contribution in [0.25, 0.3) is 0 Å². The summed E-state index contributed by atoms with van der Waals surface area (Å²) in [6.07, 6.45) is 1.52. The molecule has 0 aliphatic carbocycles. The Morgan fingerprint density at radius 1 is 1.39 bits per heavy atom. The minimum absolute atomic E-state index is 0.259. The third-order valence-electron chi connectivity index (χ3n) is 2.29. The number of anilines is 2. The Labute approximate surface area is 104 Å². The fourth-order valence-electron chi connectivity index (χ4n) is 1.36. The van der Waals surface area contributed by atoms with Crippen molar-refractivity contribution in [2.24, 2.45) is 0 Å². The van der Waals surface area contributed by atoms with Gasteiger partial charge < -0.3 is 4.90 Å². The lowest BCUT2D eigenvalue weighted by Gasteiger charge is -2.10. The van der Waals surface area contributed by atoms with E-state index in [4.69, 9.17) is 0 Å². The van der Waals surface area contributed by atoms with Crippen molar-refractivity contribution in [3.8, 4) is 0 Å².